The van der Waals surface area contributed by atoms with Gasteiger partial charge in [-0.15, -0.1) is 0 Å². The van der Waals surface area contributed by atoms with Crippen LogP contribution in [0.5, 0.6) is 0 Å². The molecule has 0 aliphatic carbocycles. The van der Waals surface area contributed by atoms with Crippen LogP contribution in [0.25, 0.3) is 0 Å². The molecule has 0 aliphatic heterocycles. The van der Waals surface area contributed by atoms with Crippen LogP contribution in [0, 0.1) is 19.8 Å². The average Bonchev–Trinajstić information content (AvgIpc) is 2.30. The van der Waals surface area contributed by atoms with Gasteiger partial charge in [0, 0.05) is 18.2 Å². The molecule has 3 heteroatoms. The fraction of sp³-hybridized carbons (Fsp3) is 0.667. The Morgan fingerprint density at radius 2 is 2.25 bits per heavy atom. The first-order valence-electron chi connectivity index (χ1n) is 4.43. The second-order valence-electron chi connectivity index (χ2n) is 3.50. The Morgan fingerprint density at radius 1 is 1.58 bits per heavy atom. The molecule has 0 bridgehead atoms. The predicted molar refractivity (Wildman–Crippen MR) is 48.6 cm³/mol. The predicted octanol–water partition coefficient (Wildman–Crippen LogP) is 0.378. The second kappa shape index (κ2) is 3.72. The molecule has 0 aromatic carbocycles. The van der Waals surface area contributed by atoms with Gasteiger partial charge in [0.05, 0.1) is 12.2 Å². The van der Waals surface area contributed by atoms with Gasteiger partial charge in [0.2, 0.25) is 0 Å². The molecule has 0 radical (unpaired) electrons. The van der Waals surface area contributed by atoms with Crippen molar-refractivity contribution in [3.8, 4) is 0 Å². The lowest BCUT2D eigenvalue weighted by Gasteiger charge is -2.07. The minimum Gasteiger partial charge on any atom is -0.357 e. The summed E-state index contributed by atoms with van der Waals surface area (Å²) in [5, 5.41) is 4.39. The summed E-state index contributed by atoms with van der Waals surface area (Å²) >= 11 is 0. The summed E-state index contributed by atoms with van der Waals surface area (Å²) in [6.45, 7) is 8.28. The standard InChI is InChI=1S/C9H17N3/c1-7(5-10)6-12-9(3)4-8(2)11-12/h4,7H,5-6,10H2,1-3H3/p+1/t7-/m1/s1. The van der Waals surface area contributed by atoms with Crippen molar-refractivity contribution in [1.29, 1.82) is 0 Å². The maximum Gasteiger partial charge on any atom is 0.0783 e. The van der Waals surface area contributed by atoms with Crippen LogP contribution < -0.4 is 5.73 Å². The van der Waals surface area contributed by atoms with Crippen LogP contribution in [0.2, 0.25) is 0 Å². The Labute approximate surface area is 73.6 Å². The lowest BCUT2D eigenvalue weighted by Crippen LogP contribution is -2.53. The highest BCUT2D eigenvalue weighted by molar-refractivity contribution is 5.06. The number of hydrogen-bond acceptors (Lipinski definition) is 1. The van der Waals surface area contributed by atoms with E-state index in [2.05, 4.69) is 35.4 Å². The first-order valence-corrected chi connectivity index (χ1v) is 4.43. The molecule has 3 N–H and O–H groups in total. The van der Waals surface area contributed by atoms with Crippen molar-refractivity contribution < 1.29 is 5.73 Å². The Morgan fingerprint density at radius 3 is 2.67 bits per heavy atom. The van der Waals surface area contributed by atoms with E-state index in [4.69, 9.17) is 0 Å². The Kier molecular flexibility index (Phi) is 2.87. The molecule has 1 aromatic rings. The summed E-state index contributed by atoms with van der Waals surface area (Å²) < 4.78 is 2.06. The molecule has 0 amide bonds. The van der Waals surface area contributed by atoms with E-state index >= 15 is 0 Å². The van der Waals surface area contributed by atoms with Gasteiger partial charge in [-0.1, -0.05) is 6.92 Å². The van der Waals surface area contributed by atoms with Gasteiger partial charge < -0.3 is 5.73 Å². The smallest absolute Gasteiger partial charge is 0.0783 e. The quantitative estimate of drug-likeness (QED) is 0.696. The van der Waals surface area contributed by atoms with E-state index in [0.29, 0.717) is 5.92 Å². The minimum atomic E-state index is 0.614. The third-order valence-electron chi connectivity index (χ3n) is 2.08. The zero-order valence-electron chi connectivity index (χ0n) is 8.17. The monoisotopic (exact) mass is 168 g/mol. The molecular weight excluding hydrogens is 150 g/mol. The highest BCUT2D eigenvalue weighted by Crippen LogP contribution is 2.04. The van der Waals surface area contributed by atoms with E-state index in [1.807, 2.05) is 6.92 Å². The van der Waals surface area contributed by atoms with Gasteiger partial charge in [0.15, 0.2) is 0 Å². The number of hydrogen-bond donors (Lipinski definition) is 1. The molecule has 0 aliphatic rings. The first-order chi connectivity index (χ1) is 5.63. The molecule has 1 atom stereocenters. The fourth-order valence-corrected chi connectivity index (χ4v) is 1.25. The zero-order chi connectivity index (χ0) is 9.14. The van der Waals surface area contributed by atoms with Crippen molar-refractivity contribution in [3.63, 3.8) is 0 Å². The van der Waals surface area contributed by atoms with E-state index < -0.39 is 0 Å². The van der Waals surface area contributed by atoms with Gasteiger partial charge in [-0.05, 0) is 19.9 Å². The summed E-state index contributed by atoms with van der Waals surface area (Å²) in [4.78, 5) is 0. The van der Waals surface area contributed by atoms with E-state index in [1.165, 1.54) is 5.69 Å². The number of aryl methyl sites for hydroxylation is 2. The molecule has 0 fully saturated rings. The van der Waals surface area contributed by atoms with E-state index in [1.54, 1.807) is 0 Å². The molecule has 1 rings (SSSR count). The van der Waals surface area contributed by atoms with Crippen LogP contribution in [0.3, 0.4) is 0 Å². The van der Waals surface area contributed by atoms with Gasteiger partial charge in [-0.3, -0.25) is 4.68 Å². The average molecular weight is 168 g/mol. The zero-order valence-corrected chi connectivity index (χ0v) is 8.17. The highest BCUT2D eigenvalue weighted by atomic mass is 15.3. The van der Waals surface area contributed by atoms with Gasteiger partial charge in [0.1, 0.15) is 0 Å². The highest BCUT2D eigenvalue weighted by Gasteiger charge is 2.05. The third-order valence-corrected chi connectivity index (χ3v) is 2.08. The number of quaternary nitrogens is 1. The van der Waals surface area contributed by atoms with Crippen LogP contribution in [-0.4, -0.2) is 16.3 Å². The number of rotatable bonds is 3. The van der Waals surface area contributed by atoms with E-state index in [0.717, 1.165) is 18.8 Å². The molecule has 12 heavy (non-hydrogen) atoms. The second-order valence-corrected chi connectivity index (χ2v) is 3.50. The SMILES string of the molecule is Cc1cc(C)n(C[C@H](C)C[NH3+])n1. The molecule has 3 nitrogen and oxygen atoms in total. The molecule has 0 saturated carbocycles. The van der Waals surface area contributed by atoms with Crippen molar-refractivity contribution >= 4 is 0 Å². The summed E-state index contributed by atoms with van der Waals surface area (Å²) in [6, 6.07) is 2.11. The Balaban J connectivity index is 2.68. The number of nitrogens with zero attached hydrogens (tertiary/aromatic N) is 2. The van der Waals surface area contributed by atoms with Gasteiger partial charge in [-0.25, -0.2) is 0 Å². The van der Waals surface area contributed by atoms with Crippen LogP contribution in [-0.2, 0) is 6.54 Å². The molecule has 0 unspecified atom stereocenters. The van der Waals surface area contributed by atoms with Crippen molar-refractivity contribution in [3.05, 3.63) is 17.5 Å². The first kappa shape index (κ1) is 9.26. The lowest BCUT2D eigenvalue weighted by molar-refractivity contribution is -0.378. The maximum atomic E-state index is 4.39. The van der Waals surface area contributed by atoms with Crippen molar-refractivity contribution in [2.24, 2.45) is 5.92 Å². The fourth-order valence-electron chi connectivity index (χ4n) is 1.25. The van der Waals surface area contributed by atoms with Gasteiger partial charge in [-0.2, -0.15) is 5.10 Å². The van der Waals surface area contributed by atoms with Crippen LogP contribution in [0.4, 0.5) is 0 Å². The topological polar surface area (TPSA) is 45.5 Å². The molecule has 1 aromatic heterocycles. The molecule has 1 heterocycles. The number of aromatic nitrogens is 2. The summed E-state index contributed by atoms with van der Waals surface area (Å²) in [7, 11) is 0. The summed E-state index contributed by atoms with van der Waals surface area (Å²) in [6.07, 6.45) is 0. The van der Waals surface area contributed by atoms with Gasteiger partial charge in [0.25, 0.3) is 0 Å². The molecule has 0 saturated heterocycles. The molecule has 0 spiro atoms. The Hall–Kier alpha value is -0.830. The third kappa shape index (κ3) is 2.08. The maximum absolute atomic E-state index is 4.39. The van der Waals surface area contributed by atoms with Crippen LogP contribution >= 0.6 is 0 Å². The largest absolute Gasteiger partial charge is 0.357 e. The minimum absolute atomic E-state index is 0.614. The molecular formula is C9H18N3+. The van der Waals surface area contributed by atoms with Gasteiger partial charge >= 0.3 is 0 Å². The van der Waals surface area contributed by atoms with Crippen molar-refractivity contribution in [2.45, 2.75) is 27.3 Å². The van der Waals surface area contributed by atoms with Crippen molar-refractivity contribution in [1.82, 2.24) is 9.78 Å². The van der Waals surface area contributed by atoms with Crippen LogP contribution in [0.15, 0.2) is 6.07 Å². The Bertz CT molecular complexity index is 252. The van der Waals surface area contributed by atoms with Crippen LogP contribution in [0.1, 0.15) is 18.3 Å². The molecule has 68 valence electrons. The van der Waals surface area contributed by atoms with E-state index in [9.17, 15) is 0 Å². The lowest BCUT2D eigenvalue weighted by atomic mass is 10.2. The summed E-state index contributed by atoms with van der Waals surface area (Å²) in [5.41, 5.74) is 6.22. The van der Waals surface area contributed by atoms with Crippen molar-refractivity contribution in [2.75, 3.05) is 6.54 Å². The normalized spacial score (nSPS) is 13.3. The van der Waals surface area contributed by atoms with E-state index in [-0.39, 0.29) is 0 Å². The summed E-state index contributed by atoms with van der Waals surface area (Å²) in [5.74, 6) is 0.614.